The van der Waals surface area contributed by atoms with Crippen LogP contribution in [-0.4, -0.2) is 26.0 Å². The van der Waals surface area contributed by atoms with Gasteiger partial charge in [0.1, 0.15) is 15.7 Å². The number of sulfone groups is 1. The predicted octanol–water partition coefficient (Wildman–Crippen LogP) is 1.91. The van der Waals surface area contributed by atoms with Gasteiger partial charge in [0.05, 0.1) is 5.75 Å². The van der Waals surface area contributed by atoms with E-state index < -0.39 is 9.84 Å². The smallest absolute Gasteiger partial charge is 0.150 e. The molecule has 0 saturated carbocycles. The van der Waals surface area contributed by atoms with Gasteiger partial charge in [0.15, 0.2) is 0 Å². The quantitative estimate of drug-likeness (QED) is 0.825. The third kappa shape index (κ3) is 5.14. The van der Waals surface area contributed by atoms with Gasteiger partial charge in [-0.05, 0) is 30.9 Å². The van der Waals surface area contributed by atoms with Gasteiger partial charge in [-0.3, -0.25) is 0 Å². The highest BCUT2D eigenvalue weighted by atomic mass is 32.2. The summed E-state index contributed by atoms with van der Waals surface area (Å²) in [6.45, 7) is 1.63. The average molecular weight is 273 g/mol. The zero-order valence-electron chi connectivity index (χ0n) is 10.6. The largest absolute Gasteiger partial charge is 0.327 e. The van der Waals surface area contributed by atoms with E-state index in [9.17, 15) is 12.8 Å². The second kappa shape index (κ2) is 6.85. The summed E-state index contributed by atoms with van der Waals surface area (Å²) >= 11 is 0. The van der Waals surface area contributed by atoms with Crippen LogP contribution < -0.4 is 5.73 Å². The van der Waals surface area contributed by atoms with Crippen LogP contribution in [0.2, 0.25) is 0 Å². The fourth-order valence-corrected chi connectivity index (χ4v) is 2.65. The second-order valence-corrected chi connectivity index (χ2v) is 6.91. The Balaban J connectivity index is 2.39. The summed E-state index contributed by atoms with van der Waals surface area (Å²) < 4.78 is 35.9. The maximum absolute atomic E-state index is 13.4. The first-order valence-electron chi connectivity index (χ1n) is 6.14. The molecule has 1 rings (SSSR count). The normalized spacial score (nSPS) is 13.5. The van der Waals surface area contributed by atoms with Crippen molar-refractivity contribution in [1.82, 2.24) is 0 Å². The van der Waals surface area contributed by atoms with Crippen LogP contribution in [0.15, 0.2) is 24.3 Å². The number of rotatable bonds is 7. The third-order valence-corrected chi connectivity index (χ3v) is 4.70. The molecule has 5 heteroatoms. The van der Waals surface area contributed by atoms with Gasteiger partial charge in [-0.25, -0.2) is 12.8 Å². The van der Waals surface area contributed by atoms with Crippen molar-refractivity contribution in [2.24, 2.45) is 5.73 Å². The third-order valence-electron chi connectivity index (χ3n) is 2.91. The summed E-state index contributed by atoms with van der Waals surface area (Å²) in [6, 6.07) is 6.32. The maximum atomic E-state index is 13.4. The Hall–Kier alpha value is -0.940. The summed E-state index contributed by atoms with van der Waals surface area (Å²) in [4.78, 5) is 0. The molecular weight excluding hydrogens is 253 g/mol. The van der Waals surface area contributed by atoms with E-state index in [4.69, 9.17) is 5.73 Å². The molecule has 1 aromatic carbocycles. The first kappa shape index (κ1) is 15.1. The molecule has 0 bridgehead atoms. The van der Waals surface area contributed by atoms with E-state index in [0.29, 0.717) is 24.8 Å². The van der Waals surface area contributed by atoms with Crippen LogP contribution in [0.3, 0.4) is 0 Å². The molecule has 3 nitrogen and oxygen atoms in total. The Morgan fingerprint density at radius 2 is 2.00 bits per heavy atom. The van der Waals surface area contributed by atoms with E-state index in [1.807, 2.05) is 0 Å². The molecule has 0 aliphatic carbocycles. The highest BCUT2D eigenvalue weighted by molar-refractivity contribution is 7.91. The Labute approximate surface area is 108 Å². The van der Waals surface area contributed by atoms with E-state index in [2.05, 4.69) is 0 Å². The number of benzene rings is 1. The van der Waals surface area contributed by atoms with Gasteiger partial charge in [0.25, 0.3) is 0 Å². The van der Waals surface area contributed by atoms with Crippen molar-refractivity contribution in [3.63, 3.8) is 0 Å². The molecule has 0 radical (unpaired) electrons. The van der Waals surface area contributed by atoms with Gasteiger partial charge in [-0.1, -0.05) is 25.1 Å². The van der Waals surface area contributed by atoms with E-state index in [-0.39, 0.29) is 23.4 Å². The monoisotopic (exact) mass is 273 g/mol. The molecule has 0 aliphatic heterocycles. The Morgan fingerprint density at radius 1 is 1.33 bits per heavy atom. The average Bonchev–Trinajstić information content (AvgIpc) is 2.32. The molecule has 1 aromatic rings. The van der Waals surface area contributed by atoms with Crippen molar-refractivity contribution in [3.8, 4) is 0 Å². The molecule has 0 aromatic heterocycles. The zero-order valence-corrected chi connectivity index (χ0v) is 11.4. The van der Waals surface area contributed by atoms with Gasteiger partial charge < -0.3 is 5.73 Å². The molecule has 0 spiro atoms. The minimum atomic E-state index is -2.93. The standard InChI is InChI=1S/C13H20FNO2S/c1-2-18(16,17)9-5-7-12(15)10-11-6-3-4-8-13(11)14/h3-4,6,8,12H,2,5,7,9-10,15H2,1H3. The molecule has 102 valence electrons. The lowest BCUT2D eigenvalue weighted by atomic mass is 10.0. The lowest BCUT2D eigenvalue weighted by Crippen LogP contribution is -2.24. The number of nitrogens with two attached hydrogens (primary N) is 1. The summed E-state index contributed by atoms with van der Waals surface area (Å²) in [5.74, 6) is 0.0680. The van der Waals surface area contributed by atoms with Crippen LogP contribution in [0, 0.1) is 5.82 Å². The minimum Gasteiger partial charge on any atom is -0.327 e. The second-order valence-electron chi connectivity index (χ2n) is 4.43. The van der Waals surface area contributed by atoms with Gasteiger partial charge in [0.2, 0.25) is 0 Å². The molecule has 0 heterocycles. The number of hydrogen-bond donors (Lipinski definition) is 1. The number of halogens is 1. The molecule has 0 amide bonds. The molecule has 1 atom stereocenters. The topological polar surface area (TPSA) is 60.2 Å². The Bertz CT molecular complexity index is 474. The SMILES string of the molecule is CCS(=O)(=O)CCCC(N)Cc1ccccc1F. The summed E-state index contributed by atoms with van der Waals surface area (Å²) in [6.07, 6.45) is 1.57. The van der Waals surface area contributed by atoms with Crippen molar-refractivity contribution in [3.05, 3.63) is 35.6 Å². The van der Waals surface area contributed by atoms with Crippen LogP contribution in [-0.2, 0) is 16.3 Å². The minimum absolute atomic E-state index is 0.161. The van der Waals surface area contributed by atoms with E-state index in [1.54, 1.807) is 25.1 Å². The van der Waals surface area contributed by atoms with Crippen LogP contribution in [0.25, 0.3) is 0 Å². The highest BCUT2D eigenvalue weighted by Crippen LogP contribution is 2.11. The first-order chi connectivity index (χ1) is 8.44. The van der Waals surface area contributed by atoms with E-state index in [1.165, 1.54) is 6.07 Å². The molecule has 18 heavy (non-hydrogen) atoms. The van der Waals surface area contributed by atoms with Crippen molar-refractivity contribution >= 4 is 9.84 Å². The summed E-state index contributed by atoms with van der Waals surface area (Å²) in [7, 11) is -2.93. The van der Waals surface area contributed by atoms with Crippen molar-refractivity contribution in [1.29, 1.82) is 0 Å². The van der Waals surface area contributed by atoms with Gasteiger partial charge in [-0.15, -0.1) is 0 Å². The number of hydrogen-bond acceptors (Lipinski definition) is 3. The Morgan fingerprint density at radius 3 is 2.61 bits per heavy atom. The van der Waals surface area contributed by atoms with E-state index in [0.717, 1.165) is 0 Å². The predicted molar refractivity (Wildman–Crippen MR) is 71.6 cm³/mol. The van der Waals surface area contributed by atoms with Crippen LogP contribution in [0.1, 0.15) is 25.3 Å². The molecule has 2 N–H and O–H groups in total. The lowest BCUT2D eigenvalue weighted by Gasteiger charge is -2.12. The molecule has 0 fully saturated rings. The highest BCUT2D eigenvalue weighted by Gasteiger charge is 2.11. The Kier molecular flexibility index (Phi) is 5.75. The fraction of sp³-hybridized carbons (Fsp3) is 0.538. The van der Waals surface area contributed by atoms with Crippen molar-refractivity contribution < 1.29 is 12.8 Å². The lowest BCUT2D eigenvalue weighted by molar-refractivity contribution is 0.555. The fourth-order valence-electron chi connectivity index (χ4n) is 1.76. The van der Waals surface area contributed by atoms with Crippen molar-refractivity contribution in [2.45, 2.75) is 32.2 Å². The summed E-state index contributed by atoms with van der Waals surface area (Å²) in [5, 5.41) is 0. The van der Waals surface area contributed by atoms with Crippen LogP contribution in [0.5, 0.6) is 0 Å². The van der Waals surface area contributed by atoms with Gasteiger partial charge in [-0.2, -0.15) is 0 Å². The van der Waals surface area contributed by atoms with Gasteiger partial charge in [0, 0.05) is 11.8 Å². The van der Waals surface area contributed by atoms with E-state index >= 15 is 0 Å². The van der Waals surface area contributed by atoms with Gasteiger partial charge >= 0.3 is 0 Å². The summed E-state index contributed by atoms with van der Waals surface area (Å²) in [5.41, 5.74) is 6.47. The molecule has 1 unspecified atom stereocenters. The molecule has 0 aliphatic rings. The van der Waals surface area contributed by atoms with Crippen LogP contribution in [0.4, 0.5) is 4.39 Å². The van der Waals surface area contributed by atoms with Crippen molar-refractivity contribution in [2.75, 3.05) is 11.5 Å². The molecule has 0 saturated heterocycles. The zero-order chi connectivity index (χ0) is 13.6. The maximum Gasteiger partial charge on any atom is 0.150 e. The van der Waals surface area contributed by atoms with Crippen LogP contribution >= 0.6 is 0 Å². The first-order valence-corrected chi connectivity index (χ1v) is 7.96. The molecular formula is C13H20FNO2S.